The quantitative estimate of drug-likeness (QED) is 0.0308. The molecule has 0 fully saturated rings. The van der Waals surface area contributed by atoms with Crippen LogP contribution in [0.15, 0.2) is 12.2 Å². The molecule has 0 bridgehead atoms. The summed E-state index contributed by atoms with van der Waals surface area (Å²) in [5, 5.41) is 44.1. The maximum Gasteiger partial charge on any atom is 0.249 e. The van der Waals surface area contributed by atoms with E-state index in [4.69, 9.17) is 0 Å². The molecular formula is C61H121NO5. The fourth-order valence-electron chi connectivity index (χ4n) is 9.93. The number of unbranched alkanes of at least 4 members (excludes halogenated alkanes) is 46. The predicted molar refractivity (Wildman–Crippen MR) is 293 cm³/mol. The molecule has 5 N–H and O–H groups in total. The highest BCUT2D eigenvalue weighted by atomic mass is 16.3. The van der Waals surface area contributed by atoms with Crippen molar-refractivity contribution in [2.75, 3.05) is 6.61 Å². The Balaban J connectivity index is 3.55. The van der Waals surface area contributed by atoms with Gasteiger partial charge in [-0.1, -0.05) is 315 Å². The van der Waals surface area contributed by atoms with E-state index >= 15 is 0 Å². The van der Waals surface area contributed by atoms with Gasteiger partial charge in [0.05, 0.1) is 18.8 Å². The monoisotopic (exact) mass is 948 g/mol. The number of carbonyl (C=O) groups excluding carboxylic acids is 1. The van der Waals surface area contributed by atoms with Crippen LogP contribution in [0.3, 0.4) is 0 Å². The standard InChI is InChI=1S/C61H121NO5/c1-3-5-7-9-11-13-15-17-19-21-23-24-25-26-27-28-29-30-31-32-33-34-35-37-38-40-42-44-46-48-50-52-54-58(64)60(66)57(56-63)62-61(67)59(65)55-53-51-49-47-45-43-41-39-36-22-20-18-16-14-12-10-8-6-4-2/h36,39,57-60,63-66H,3-35,37-38,40-56H2,1-2H3,(H,62,67)/b39-36-. The second kappa shape index (κ2) is 56.0. The molecule has 67 heavy (non-hydrogen) atoms. The van der Waals surface area contributed by atoms with Crippen LogP contribution in [0.4, 0.5) is 0 Å². The van der Waals surface area contributed by atoms with E-state index in [2.05, 4.69) is 31.3 Å². The minimum absolute atomic E-state index is 0.365. The number of nitrogens with one attached hydrogen (secondary N) is 1. The lowest BCUT2D eigenvalue weighted by Gasteiger charge is -2.27. The van der Waals surface area contributed by atoms with Gasteiger partial charge < -0.3 is 25.7 Å². The average Bonchev–Trinajstić information content (AvgIpc) is 3.33. The molecule has 4 atom stereocenters. The Bertz CT molecular complexity index is 975. The van der Waals surface area contributed by atoms with Gasteiger partial charge in [0.25, 0.3) is 0 Å². The van der Waals surface area contributed by atoms with Gasteiger partial charge in [0.1, 0.15) is 12.2 Å². The molecule has 0 saturated heterocycles. The largest absolute Gasteiger partial charge is 0.394 e. The Morgan fingerprint density at radius 2 is 0.597 bits per heavy atom. The van der Waals surface area contributed by atoms with Gasteiger partial charge in [0.15, 0.2) is 0 Å². The van der Waals surface area contributed by atoms with Crippen molar-refractivity contribution in [2.24, 2.45) is 0 Å². The molecule has 0 rings (SSSR count). The van der Waals surface area contributed by atoms with Crippen molar-refractivity contribution in [1.82, 2.24) is 5.32 Å². The Morgan fingerprint density at radius 3 is 0.866 bits per heavy atom. The lowest BCUT2D eigenvalue weighted by molar-refractivity contribution is -0.132. The molecule has 0 spiro atoms. The van der Waals surface area contributed by atoms with E-state index in [1.165, 1.54) is 270 Å². The molecule has 0 radical (unpaired) electrons. The van der Waals surface area contributed by atoms with Crippen LogP contribution in [0, 0.1) is 0 Å². The summed E-state index contributed by atoms with van der Waals surface area (Å²) in [6.07, 6.45) is 67.3. The number of allylic oxidation sites excluding steroid dienone is 2. The summed E-state index contributed by atoms with van der Waals surface area (Å²) in [5.74, 6) is -0.583. The summed E-state index contributed by atoms with van der Waals surface area (Å²) < 4.78 is 0. The van der Waals surface area contributed by atoms with Crippen molar-refractivity contribution in [3.8, 4) is 0 Å². The van der Waals surface area contributed by atoms with Gasteiger partial charge in [-0.2, -0.15) is 0 Å². The first-order valence-electron chi connectivity index (χ1n) is 30.6. The fraction of sp³-hybridized carbons (Fsp3) is 0.951. The Kier molecular flexibility index (Phi) is 55.2. The third-order valence-corrected chi connectivity index (χ3v) is 14.7. The summed E-state index contributed by atoms with van der Waals surface area (Å²) in [6, 6.07) is -0.986. The first kappa shape index (κ1) is 66.0. The molecule has 0 aliphatic heterocycles. The van der Waals surface area contributed by atoms with Gasteiger partial charge in [-0.05, 0) is 38.5 Å². The number of carbonyl (C=O) groups is 1. The topological polar surface area (TPSA) is 110 Å². The van der Waals surface area contributed by atoms with E-state index in [0.717, 1.165) is 44.9 Å². The number of aliphatic hydroxyl groups excluding tert-OH is 4. The second-order valence-corrected chi connectivity index (χ2v) is 21.4. The summed E-state index contributed by atoms with van der Waals surface area (Å²) in [4.78, 5) is 12.6. The van der Waals surface area contributed by atoms with E-state index < -0.39 is 36.9 Å². The highest BCUT2D eigenvalue weighted by Crippen LogP contribution is 2.19. The molecule has 0 aliphatic rings. The van der Waals surface area contributed by atoms with Gasteiger partial charge in [-0.15, -0.1) is 0 Å². The maximum absolute atomic E-state index is 12.6. The Labute approximate surface area is 419 Å². The number of hydrogen-bond donors (Lipinski definition) is 5. The maximum atomic E-state index is 12.6. The van der Waals surface area contributed by atoms with Gasteiger partial charge in [0, 0.05) is 0 Å². The molecule has 0 aromatic rings. The van der Waals surface area contributed by atoms with Gasteiger partial charge in [-0.25, -0.2) is 0 Å². The zero-order valence-electron chi connectivity index (χ0n) is 45.4. The minimum Gasteiger partial charge on any atom is -0.394 e. The van der Waals surface area contributed by atoms with E-state index in [-0.39, 0.29) is 0 Å². The first-order chi connectivity index (χ1) is 33.0. The van der Waals surface area contributed by atoms with Crippen LogP contribution in [0.2, 0.25) is 0 Å². The third-order valence-electron chi connectivity index (χ3n) is 14.7. The highest BCUT2D eigenvalue weighted by molar-refractivity contribution is 5.80. The van der Waals surface area contributed by atoms with Crippen LogP contribution in [0.25, 0.3) is 0 Å². The van der Waals surface area contributed by atoms with Crippen LogP contribution < -0.4 is 5.32 Å². The van der Waals surface area contributed by atoms with Crippen molar-refractivity contribution in [3.63, 3.8) is 0 Å². The van der Waals surface area contributed by atoms with Gasteiger partial charge in [-0.3, -0.25) is 4.79 Å². The molecule has 0 aromatic carbocycles. The zero-order valence-corrected chi connectivity index (χ0v) is 45.4. The van der Waals surface area contributed by atoms with Crippen LogP contribution in [-0.4, -0.2) is 57.3 Å². The van der Waals surface area contributed by atoms with Crippen molar-refractivity contribution in [1.29, 1.82) is 0 Å². The van der Waals surface area contributed by atoms with Crippen LogP contribution in [0.5, 0.6) is 0 Å². The van der Waals surface area contributed by atoms with Crippen LogP contribution >= 0.6 is 0 Å². The normalized spacial score (nSPS) is 13.7. The van der Waals surface area contributed by atoms with E-state index in [1.807, 2.05) is 0 Å². The Hall–Kier alpha value is -0.950. The minimum atomic E-state index is -1.26. The van der Waals surface area contributed by atoms with E-state index in [1.54, 1.807) is 0 Å². The molecule has 0 aromatic heterocycles. The van der Waals surface area contributed by atoms with Gasteiger partial charge >= 0.3 is 0 Å². The number of aliphatic hydroxyl groups is 4. The van der Waals surface area contributed by atoms with E-state index in [9.17, 15) is 25.2 Å². The smallest absolute Gasteiger partial charge is 0.249 e. The molecule has 0 heterocycles. The van der Waals surface area contributed by atoms with Crippen molar-refractivity contribution in [2.45, 2.75) is 366 Å². The summed E-state index contributed by atoms with van der Waals surface area (Å²) in [5.41, 5.74) is 0. The number of hydrogen-bond acceptors (Lipinski definition) is 5. The third kappa shape index (κ3) is 49.8. The second-order valence-electron chi connectivity index (χ2n) is 21.4. The van der Waals surface area contributed by atoms with Crippen molar-refractivity contribution in [3.05, 3.63) is 12.2 Å². The lowest BCUT2D eigenvalue weighted by Crippen LogP contribution is -2.53. The van der Waals surface area contributed by atoms with E-state index in [0.29, 0.717) is 12.8 Å². The highest BCUT2D eigenvalue weighted by Gasteiger charge is 2.28. The van der Waals surface area contributed by atoms with Crippen molar-refractivity contribution < 1.29 is 25.2 Å². The molecule has 0 aliphatic carbocycles. The average molecular weight is 949 g/mol. The molecule has 6 heteroatoms. The number of amides is 1. The van der Waals surface area contributed by atoms with Gasteiger partial charge in [0.2, 0.25) is 5.91 Å². The number of rotatable bonds is 57. The summed E-state index contributed by atoms with van der Waals surface area (Å²) >= 11 is 0. The van der Waals surface area contributed by atoms with Crippen molar-refractivity contribution >= 4 is 5.91 Å². The lowest BCUT2D eigenvalue weighted by atomic mass is 9.99. The molecule has 0 saturated carbocycles. The Morgan fingerprint density at radius 1 is 0.358 bits per heavy atom. The summed E-state index contributed by atoms with van der Waals surface area (Å²) in [7, 11) is 0. The molecule has 4 unspecified atom stereocenters. The van der Waals surface area contributed by atoms with Crippen LogP contribution in [0.1, 0.15) is 341 Å². The molecule has 6 nitrogen and oxygen atoms in total. The predicted octanol–water partition coefficient (Wildman–Crippen LogP) is 18.0. The first-order valence-corrected chi connectivity index (χ1v) is 30.6. The summed E-state index contributed by atoms with van der Waals surface area (Å²) in [6.45, 7) is 4.09. The van der Waals surface area contributed by atoms with Crippen LogP contribution in [-0.2, 0) is 4.79 Å². The molecular weight excluding hydrogens is 827 g/mol. The SMILES string of the molecule is CCCCCCCCCCC/C=C\CCCCCCCCC(O)C(=O)NC(CO)C(O)C(O)CCCCCCCCCCCCCCCCCCCCCCCCCCCCCCCCCC. The molecule has 400 valence electrons. The zero-order chi connectivity index (χ0) is 48.8. The fourth-order valence-corrected chi connectivity index (χ4v) is 9.93. The molecule has 1 amide bonds.